The predicted octanol–water partition coefficient (Wildman–Crippen LogP) is 3.44. The van der Waals surface area contributed by atoms with Crippen molar-refractivity contribution < 1.29 is 9.59 Å². The van der Waals surface area contributed by atoms with Gasteiger partial charge in [-0.15, -0.1) is 0 Å². The summed E-state index contributed by atoms with van der Waals surface area (Å²) in [5, 5.41) is 13.0. The molecule has 0 unspecified atom stereocenters. The lowest BCUT2D eigenvalue weighted by atomic mass is 9.84. The first-order valence-electron chi connectivity index (χ1n) is 11.0. The van der Waals surface area contributed by atoms with E-state index in [0.717, 1.165) is 24.2 Å². The number of carbonyl (C=O) groups is 2. The molecule has 0 spiro atoms. The first kappa shape index (κ1) is 21.1. The maximum Gasteiger partial charge on any atom is 0.220 e. The van der Waals surface area contributed by atoms with Gasteiger partial charge in [-0.2, -0.15) is 5.10 Å². The van der Waals surface area contributed by atoms with Gasteiger partial charge in [0.1, 0.15) is 0 Å². The van der Waals surface area contributed by atoms with Crippen molar-refractivity contribution in [3.05, 3.63) is 65.5 Å². The summed E-state index contributed by atoms with van der Waals surface area (Å²) >= 11 is 0. The van der Waals surface area contributed by atoms with Crippen LogP contribution in [0.4, 0.5) is 0 Å². The van der Waals surface area contributed by atoms with Gasteiger partial charge in [0.05, 0.1) is 12.2 Å². The molecule has 1 aliphatic rings. The molecule has 162 valence electrons. The standard InChI is InChI=1S/C25H30N4O2/c1-18-15-19(2)29(28-18)14-13-26-23(30)9-11-25(12-10-24(31)27-25)17-20-7-8-21-5-3-4-6-22(21)16-20/h3-8,15-16H,9-14,17H2,1-2H3,(H,26,30)(H,27,31)/t25-/m1/s1. The fourth-order valence-electron chi connectivity index (χ4n) is 4.57. The summed E-state index contributed by atoms with van der Waals surface area (Å²) in [5.41, 5.74) is 2.91. The summed E-state index contributed by atoms with van der Waals surface area (Å²) in [5.74, 6) is 0.0892. The summed E-state index contributed by atoms with van der Waals surface area (Å²) in [6.45, 7) is 5.18. The number of nitrogens with one attached hydrogen (secondary N) is 2. The van der Waals surface area contributed by atoms with Crippen molar-refractivity contribution in [2.45, 2.75) is 58.0 Å². The highest BCUT2D eigenvalue weighted by atomic mass is 16.2. The van der Waals surface area contributed by atoms with E-state index in [2.05, 4.69) is 46.1 Å². The van der Waals surface area contributed by atoms with Gasteiger partial charge in [0.25, 0.3) is 0 Å². The molecule has 0 radical (unpaired) electrons. The van der Waals surface area contributed by atoms with Crippen LogP contribution in [0.5, 0.6) is 0 Å². The molecule has 0 aliphatic carbocycles. The molecule has 6 nitrogen and oxygen atoms in total. The number of amides is 2. The highest BCUT2D eigenvalue weighted by molar-refractivity contribution is 5.83. The second-order valence-corrected chi connectivity index (χ2v) is 8.69. The molecule has 1 fully saturated rings. The zero-order valence-electron chi connectivity index (χ0n) is 18.3. The van der Waals surface area contributed by atoms with Gasteiger partial charge in [0.15, 0.2) is 0 Å². The third kappa shape index (κ3) is 5.13. The van der Waals surface area contributed by atoms with Crippen molar-refractivity contribution >= 4 is 22.6 Å². The molecular formula is C25H30N4O2. The minimum Gasteiger partial charge on any atom is -0.354 e. The van der Waals surface area contributed by atoms with E-state index in [1.807, 2.05) is 36.7 Å². The van der Waals surface area contributed by atoms with Gasteiger partial charge in [0, 0.05) is 30.6 Å². The fraction of sp³-hybridized carbons (Fsp3) is 0.400. The van der Waals surface area contributed by atoms with Gasteiger partial charge in [-0.25, -0.2) is 0 Å². The third-order valence-electron chi connectivity index (χ3n) is 6.17. The lowest BCUT2D eigenvalue weighted by molar-refractivity contribution is -0.122. The molecule has 2 N–H and O–H groups in total. The number of fused-ring (bicyclic) bond motifs is 1. The predicted molar refractivity (Wildman–Crippen MR) is 122 cm³/mol. The minimum absolute atomic E-state index is 0.0144. The topological polar surface area (TPSA) is 76.0 Å². The van der Waals surface area contributed by atoms with Crippen LogP contribution in [0.2, 0.25) is 0 Å². The molecule has 0 bridgehead atoms. The number of carbonyl (C=O) groups excluding carboxylic acids is 2. The van der Waals surface area contributed by atoms with E-state index in [0.29, 0.717) is 32.4 Å². The molecule has 6 heteroatoms. The van der Waals surface area contributed by atoms with E-state index >= 15 is 0 Å². The van der Waals surface area contributed by atoms with E-state index < -0.39 is 0 Å². The van der Waals surface area contributed by atoms with Crippen LogP contribution >= 0.6 is 0 Å². The van der Waals surface area contributed by atoms with Gasteiger partial charge in [-0.05, 0) is 55.5 Å². The second-order valence-electron chi connectivity index (χ2n) is 8.69. The molecule has 3 aromatic rings. The van der Waals surface area contributed by atoms with Crippen molar-refractivity contribution in [3.8, 4) is 0 Å². The summed E-state index contributed by atoms with van der Waals surface area (Å²) in [6.07, 6.45) is 3.05. The van der Waals surface area contributed by atoms with Crippen molar-refractivity contribution in [2.75, 3.05) is 6.54 Å². The number of rotatable bonds is 8. The van der Waals surface area contributed by atoms with Crippen molar-refractivity contribution in [1.29, 1.82) is 0 Å². The SMILES string of the molecule is Cc1cc(C)n(CCNC(=O)CC[C@]2(Cc3ccc4ccccc4c3)CCC(=O)N2)n1. The number of aromatic nitrogens is 2. The third-order valence-corrected chi connectivity index (χ3v) is 6.17. The summed E-state index contributed by atoms with van der Waals surface area (Å²) in [4.78, 5) is 24.5. The van der Waals surface area contributed by atoms with Crippen LogP contribution in [0, 0.1) is 13.8 Å². The molecule has 1 aromatic heterocycles. The Balaban J connectivity index is 1.35. The van der Waals surface area contributed by atoms with E-state index in [-0.39, 0.29) is 17.4 Å². The van der Waals surface area contributed by atoms with E-state index in [9.17, 15) is 9.59 Å². The largest absolute Gasteiger partial charge is 0.354 e. The Morgan fingerprint density at radius 3 is 2.68 bits per heavy atom. The Bertz CT molecular complexity index is 1100. The van der Waals surface area contributed by atoms with Gasteiger partial charge < -0.3 is 10.6 Å². The van der Waals surface area contributed by atoms with Gasteiger partial charge in [-0.1, -0.05) is 42.5 Å². The summed E-state index contributed by atoms with van der Waals surface area (Å²) in [7, 11) is 0. The summed E-state index contributed by atoms with van der Waals surface area (Å²) in [6, 6.07) is 16.8. The first-order chi connectivity index (χ1) is 14.9. The number of nitrogens with zero attached hydrogens (tertiary/aromatic N) is 2. The quantitative estimate of drug-likeness (QED) is 0.588. The number of hydrogen-bond donors (Lipinski definition) is 2. The number of aryl methyl sites for hydroxylation is 2. The Morgan fingerprint density at radius 2 is 1.97 bits per heavy atom. The molecule has 1 aliphatic heterocycles. The fourth-order valence-corrected chi connectivity index (χ4v) is 4.57. The average Bonchev–Trinajstić information content (AvgIpc) is 3.27. The number of hydrogen-bond acceptors (Lipinski definition) is 3. The summed E-state index contributed by atoms with van der Waals surface area (Å²) < 4.78 is 1.91. The monoisotopic (exact) mass is 418 g/mol. The Kier molecular flexibility index (Phi) is 6.07. The van der Waals surface area contributed by atoms with E-state index in [4.69, 9.17) is 0 Å². The lowest BCUT2D eigenvalue weighted by Gasteiger charge is -2.29. The maximum atomic E-state index is 12.5. The van der Waals surface area contributed by atoms with Crippen molar-refractivity contribution in [2.24, 2.45) is 0 Å². The highest BCUT2D eigenvalue weighted by Gasteiger charge is 2.37. The molecular weight excluding hydrogens is 388 g/mol. The van der Waals surface area contributed by atoms with Crippen LogP contribution in [-0.4, -0.2) is 33.7 Å². The van der Waals surface area contributed by atoms with Crippen LogP contribution in [0.25, 0.3) is 10.8 Å². The Labute approximate surface area is 183 Å². The molecule has 0 saturated carbocycles. The van der Waals surface area contributed by atoms with Gasteiger partial charge in [-0.3, -0.25) is 14.3 Å². The smallest absolute Gasteiger partial charge is 0.220 e. The van der Waals surface area contributed by atoms with E-state index in [1.54, 1.807) is 0 Å². The molecule has 4 rings (SSSR count). The van der Waals surface area contributed by atoms with Gasteiger partial charge in [0.2, 0.25) is 11.8 Å². The zero-order chi connectivity index (χ0) is 21.8. The van der Waals surface area contributed by atoms with Crippen LogP contribution < -0.4 is 10.6 Å². The normalized spacial score (nSPS) is 18.3. The molecule has 2 heterocycles. The van der Waals surface area contributed by atoms with Crippen LogP contribution in [0.3, 0.4) is 0 Å². The molecule has 2 amide bonds. The Hall–Kier alpha value is -3.15. The highest BCUT2D eigenvalue weighted by Crippen LogP contribution is 2.30. The zero-order valence-corrected chi connectivity index (χ0v) is 18.3. The maximum absolute atomic E-state index is 12.5. The second kappa shape index (κ2) is 8.92. The average molecular weight is 419 g/mol. The first-order valence-corrected chi connectivity index (χ1v) is 11.0. The Morgan fingerprint density at radius 1 is 1.16 bits per heavy atom. The molecule has 1 saturated heterocycles. The molecule has 31 heavy (non-hydrogen) atoms. The van der Waals surface area contributed by atoms with Gasteiger partial charge >= 0.3 is 0 Å². The minimum atomic E-state index is -0.355. The van der Waals surface area contributed by atoms with Crippen LogP contribution in [0.15, 0.2) is 48.5 Å². The number of benzene rings is 2. The lowest BCUT2D eigenvalue weighted by Crippen LogP contribution is -2.44. The van der Waals surface area contributed by atoms with Crippen molar-refractivity contribution in [1.82, 2.24) is 20.4 Å². The molecule has 2 aromatic carbocycles. The van der Waals surface area contributed by atoms with E-state index in [1.165, 1.54) is 16.3 Å². The van der Waals surface area contributed by atoms with Crippen molar-refractivity contribution in [3.63, 3.8) is 0 Å². The van der Waals surface area contributed by atoms with Crippen LogP contribution in [0.1, 0.15) is 42.6 Å². The van der Waals surface area contributed by atoms with Crippen LogP contribution in [-0.2, 0) is 22.6 Å². The molecule has 1 atom stereocenters.